The lowest BCUT2D eigenvalue weighted by Crippen LogP contribution is -2.23. The third kappa shape index (κ3) is 3.47. The van der Waals surface area contributed by atoms with E-state index in [4.69, 9.17) is 5.73 Å². The highest BCUT2D eigenvalue weighted by Crippen LogP contribution is 2.26. The Labute approximate surface area is 115 Å². The molecule has 1 saturated carbocycles. The van der Waals surface area contributed by atoms with Crippen molar-refractivity contribution in [3.8, 4) is 0 Å². The van der Waals surface area contributed by atoms with Crippen LogP contribution in [0.15, 0.2) is 18.2 Å². The second-order valence-corrected chi connectivity index (χ2v) is 5.08. The standard InChI is InChI=1S/C14H20N2O.ClH/c1-9-3-4-10(2)13(7-9)16-14(17)11-5-6-12(15)8-11;/h3-4,7,11-12H,5-6,8,15H2,1-2H3,(H,16,17);1H. The Morgan fingerprint density at radius 3 is 2.67 bits per heavy atom. The SMILES string of the molecule is Cc1ccc(C)c(NC(=O)C2CCC(N)C2)c1.Cl. The number of carbonyl (C=O) groups is 1. The van der Waals surface area contributed by atoms with Crippen molar-refractivity contribution in [2.24, 2.45) is 11.7 Å². The minimum Gasteiger partial charge on any atom is -0.328 e. The van der Waals surface area contributed by atoms with E-state index < -0.39 is 0 Å². The quantitative estimate of drug-likeness (QED) is 0.867. The predicted molar refractivity (Wildman–Crippen MR) is 77.1 cm³/mol. The van der Waals surface area contributed by atoms with E-state index in [2.05, 4.69) is 11.4 Å². The van der Waals surface area contributed by atoms with Crippen LogP contribution in [0.25, 0.3) is 0 Å². The molecule has 1 amide bonds. The zero-order valence-corrected chi connectivity index (χ0v) is 11.7. The number of hydrogen-bond donors (Lipinski definition) is 2. The lowest BCUT2D eigenvalue weighted by molar-refractivity contribution is -0.119. The van der Waals surface area contributed by atoms with E-state index in [-0.39, 0.29) is 30.3 Å². The van der Waals surface area contributed by atoms with E-state index in [0.29, 0.717) is 0 Å². The summed E-state index contributed by atoms with van der Waals surface area (Å²) in [5.74, 6) is 0.205. The first-order chi connectivity index (χ1) is 8.06. The van der Waals surface area contributed by atoms with Gasteiger partial charge >= 0.3 is 0 Å². The number of benzene rings is 1. The normalized spacial score (nSPS) is 22.4. The minimum atomic E-state index is 0. The number of carbonyl (C=O) groups excluding carboxylic acids is 1. The van der Waals surface area contributed by atoms with Crippen LogP contribution in [0, 0.1) is 19.8 Å². The molecule has 0 spiro atoms. The van der Waals surface area contributed by atoms with Gasteiger partial charge in [0.25, 0.3) is 0 Å². The molecule has 1 aliphatic rings. The molecule has 2 atom stereocenters. The van der Waals surface area contributed by atoms with Gasteiger partial charge in [-0.15, -0.1) is 12.4 Å². The molecule has 1 aliphatic carbocycles. The fourth-order valence-electron chi connectivity index (χ4n) is 2.36. The minimum absolute atomic E-state index is 0. The molecule has 18 heavy (non-hydrogen) atoms. The maximum atomic E-state index is 12.1. The molecule has 2 rings (SSSR count). The molecular weight excluding hydrogens is 248 g/mol. The van der Waals surface area contributed by atoms with Crippen molar-refractivity contribution >= 4 is 24.0 Å². The molecular formula is C14H21ClN2O. The lowest BCUT2D eigenvalue weighted by atomic mass is 10.1. The van der Waals surface area contributed by atoms with Crippen molar-refractivity contribution in [3.63, 3.8) is 0 Å². The number of nitrogens with two attached hydrogens (primary N) is 1. The summed E-state index contributed by atoms with van der Waals surface area (Å²) in [6, 6.07) is 6.30. The van der Waals surface area contributed by atoms with Gasteiger partial charge in [0.2, 0.25) is 5.91 Å². The predicted octanol–water partition coefficient (Wildman–Crippen LogP) is 2.79. The van der Waals surface area contributed by atoms with Crippen LogP contribution in [0.3, 0.4) is 0 Å². The number of rotatable bonds is 2. The summed E-state index contributed by atoms with van der Waals surface area (Å²) in [6.07, 6.45) is 2.69. The number of anilines is 1. The maximum Gasteiger partial charge on any atom is 0.227 e. The summed E-state index contributed by atoms with van der Waals surface area (Å²) in [5.41, 5.74) is 9.02. The van der Waals surface area contributed by atoms with Crippen molar-refractivity contribution < 1.29 is 4.79 Å². The summed E-state index contributed by atoms with van der Waals surface area (Å²) in [4.78, 5) is 12.1. The Bertz CT molecular complexity index is 434. The second kappa shape index (κ2) is 6.21. The third-order valence-corrected chi connectivity index (χ3v) is 3.49. The molecule has 0 radical (unpaired) electrons. The Hall–Kier alpha value is -1.06. The lowest BCUT2D eigenvalue weighted by Gasteiger charge is -2.13. The van der Waals surface area contributed by atoms with E-state index in [1.807, 2.05) is 26.0 Å². The average molecular weight is 269 g/mol. The van der Waals surface area contributed by atoms with E-state index >= 15 is 0 Å². The fraction of sp³-hybridized carbons (Fsp3) is 0.500. The number of amides is 1. The highest BCUT2D eigenvalue weighted by molar-refractivity contribution is 5.93. The van der Waals surface area contributed by atoms with Crippen LogP contribution in [-0.4, -0.2) is 11.9 Å². The monoisotopic (exact) mass is 268 g/mol. The molecule has 3 N–H and O–H groups in total. The van der Waals surface area contributed by atoms with Crippen molar-refractivity contribution in [2.45, 2.75) is 39.2 Å². The maximum absolute atomic E-state index is 12.1. The van der Waals surface area contributed by atoms with Gasteiger partial charge in [-0.05, 0) is 50.3 Å². The molecule has 2 unspecified atom stereocenters. The van der Waals surface area contributed by atoms with Crippen molar-refractivity contribution in [3.05, 3.63) is 29.3 Å². The number of hydrogen-bond acceptors (Lipinski definition) is 2. The van der Waals surface area contributed by atoms with Gasteiger partial charge in [-0.3, -0.25) is 4.79 Å². The molecule has 1 aromatic carbocycles. The van der Waals surface area contributed by atoms with Crippen molar-refractivity contribution in [2.75, 3.05) is 5.32 Å². The summed E-state index contributed by atoms with van der Waals surface area (Å²) >= 11 is 0. The number of nitrogens with one attached hydrogen (secondary N) is 1. The summed E-state index contributed by atoms with van der Waals surface area (Å²) in [7, 11) is 0. The van der Waals surface area contributed by atoms with Crippen LogP contribution < -0.4 is 11.1 Å². The average Bonchev–Trinajstić information content (AvgIpc) is 2.70. The van der Waals surface area contributed by atoms with Crippen LogP contribution in [0.2, 0.25) is 0 Å². The van der Waals surface area contributed by atoms with Gasteiger partial charge < -0.3 is 11.1 Å². The van der Waals surface area contributed by atoms with Crippen LogP contribution >= 0.6 is 12.4 Å². The Morgan fingerprint density at radius 2 is 2.06 bits per heavy atom. The highest BCUT2D eigenvalue weighted by Gasteiger charge is 2.27. The van der Waals surface area contributed by atoms with Gasteiger partial charge in [0.05, 0.1) is 0 Å². The zero-order chi connectivity index (χ0) is 12.4. The van der Waals surface area contributed by atoms with E-state index in [1.54, 1.807) is 0 Å². The van der Waals surface area contributed by atoms with Gasteiger partial charge in [0, 0.05) is 17.6 Å². The Balaban J connectivity index is 0.00000162. The van der Waals surface area contributed by atoms with Crippen LogP contribution in [0.1, 0.15) is 30.4 Å². The van der Waals surface area contributed by atoms with Gasteiger partial charge in [-0.1, -0.05) is 12.1 Å². The molecule has 0 heterocycles. The van der Waals surface area contributed by atoms with E-state index in [1.165, 1.54) is 0 Å². The second-order valence-electron chi connectivity index (χ2n) is 5.08. The Morgan fingerprint density at radius 1 is 1.33 bits per heavy atom. The topological polar surface area (TPSA) is 55.1 Å². The molecule has 3 nitrogen and oxygen atoms in total. The number of aryl methyl sites for hydroxylation is 2. The summed E-state index contributed by atoms with van der Waals surface area (Å²) in [5, 5.41) is 3.02. The van der Waals surface area contributed by atoms with Gasteiger partial charge in [0.1, 0.15) is 0 Å². The summed E-state index contributed by atoms with van der Waals surface area (Å²) in [6.45, 7) is 4.04. The molecule has 0 bridgehead atoms. The third-order valence-electron chi connectivity index (χ3n) is 3.49. The van der Waals surface area contributed by atoms with Crippen molar-refractivity contribution in [1.82, 2.24) is 0 Å². The smallest absolute Gasteiger partial charge is 0.227 e. The fourth-order valence-corrected chi connectivity index (χ4v) is 2.36. The van der Waals surface area contributed by atoms with Gasteiger partial charge in [-0.25, -0.2) is 0 Å². The molecule has 1 fully saturated rings. The molecule has 1 aromatic rings. The molecule has 0 aliphatic heterocycles. The summed E-state index contributed by atoms with van der Waals surface area (Å²) < 4.78 is 0. The van der Waals surface area contributed by atoms with Crippen molar-refractivity contribution in [1.29, 1.82) is 0 Å². The molecule has 100 valence electrons. The zero-order valence-electron chi connectivity index (χ0n) is 10.9. The molecule has 0 aromatic heterocycles. The van der Waals surface area contributed by atoms with E-state index in [9.17, 15) is 4.79 Å². The first-order valence-corrected chi connectivity index (χ1v) is 6.20. The molecule has 0 saturated heterocycles. The highest BCUT2D eigenvalue weighted by atomic mass is 35.5. The largest absolute Gasteiger partial charge is 0.328 e. The van der Waals surface area contributed by atoms with Gasteiger partial charge in [0.15, 0.2) is 0 Å². The first kappa shape index (κ1) is 15.0. The van der Waals surface area contributed by atoms with Gasteiger partial charge in [-0.2, -0.15) is 0 Å². The van der Waals surface area contributed by atoms with Crippen LogP contribution in [0.4, 0.5) is 5.69 Å². The van der Waals surface area contributed by atoms with Crippen LogP contribution in [0.5, 0.6) is 0 Å². The number of halogens is 1. The van der Waals surface area contributed by atoms with E-state index in [0.717, 1.165) is 36.1 Å². The Kier molecular flexibility index (Phi) is 5.17. The first-order valence-electron chi connectivity index (χ1n) is 6.20. The molecule has 4 heteroatoms. The van der Waals surface area contributed by atoms with Crippen LogP contribution in [-0.2, 0) is 4.79 Å².